The summed E-state index contributed by atoms with van der Waals surface area (Å²) in [4.78, 5) is 2.29. The predicted octanol–water partition coefficient (Wildman–Crippen LogP) is 4.10. The largest absolute Gasteiger partial charge is 0.389 e. The van der Waals surface area contributed by atoms with Crippen LogP contribution in [-0.4, -0.2) is 48.5 Å². The Bertz CT molecular complexity index is 705. The van der Waals surface area contributed by atoms with E-state index in [1.807, 2.05) is 12.1 Å². The van der Waals surface area contributed by atoms with Crippen molar-refractivity contribution in [3.8, 4) is 0 Å². The van der Waals surface area contributed by atoms with Crippen molar-refractivity contribution in [1.29, 1.82) is 0 Å². The second kappa shape index (κ2) is 9.80. The molecule has 3 rings (SSSR count). The molecule has 0 saturated carbocycles. The lowest BCUT2D eigenvalue weighted by atomic mass is 10.0. The number of hydrogen-bond acceptors (Lipinski definition) is 4. The third kappa shape index (κ3) is 5.87. The van der Waals surface area contributed by atoms with Gasteiger partial charge in [-0.1, -0.05) is 57.9 Å². The molecule has 2 aromatic rings. The van der Waals surface area contributed by atoms with Gasteiger partial charge >= 0.3 is 0 Å². The number of nitrogens with zero attached hydrogens (tertiary/aromatic N) is 1. The number of aliphatic hydroxyl groups is 1. The Labute approximate surface area is 170 Å². The zero-order chi connectivity index (χ0) is 19.2. The van der Waals surface area contributed by atoms with E-state index in [2.05, 4.69) is 71.1 Å². The molecule has 5 heteroatoms. The van der Waals surface area contributed by atoms with E-state index < -0.39 is 6.10 Å². The van der Waals surface area contributed by atoms with Crippen LogP contribution in [0.3, 0.4) is 0 Å². The quantitative estimate of drug-likeness (QED) is 0.713. The highest BCUT2D eigenvalue weighted by Gasteiger charge is 2.31. The van der Waals surface area contributed by atoms with Gasteiger partial charge < -0.3 is 14.6 Å². The average Bonchev–Trinajstić information content (AvgIpc) is 2.66. The number of halogens is 1. The monoisotopic (exact) mass is 433 g/mol. The molecule has 1 N–H and O–H groups in total. The Balaban J connectivity index is 1.48. The van der Waals surface area contributed by atoms with Gasteiger partial charge in [-0.25, -0.2) is 0 Å². The summed E-state index contributed by atoms with van der Waals surface area (Å²) >= 11 is 3.48. The van der Waals surface area contributed by atoms with Gasteiger partial charge in [0, 0.05) is 23.6 Å². The molecular weight excluding hydrogens is 406 g/mol. The van der Waals surface area contributed by atoms with Gasteiger partial charge in [-0.05, 0) is 37.1 Å². The SMILES string of the molecule is Cc1ccc(COCC(O)CN2CCOC(c3ccc(Br)cc3)C2C)cc1. The first-order valence-corrected chi connectivity index (χ1v) is 10.2. The summed E-state index contributed by atoms with van der Waals surface area (Å²) in [6, 6.07) is 16.7. The van der Waals surface area contributed by atoms with Crippen LogP contribution in [0.5, 0.6) is 0 Å². The maximum absolute atomic E-state index is 10.4. The third-order valence-corrected chi connectivity index (χ3v) is 5.56. The molecule has 0 bridgehead atoms. The van der Waals surface area contributed by atoms with Crippen LogP contribution in [0.1, 0.15) is 29.7 Å². The number of ether oxygens (including phenoxy) is 2. The first kappa shape index (κ1) is 20.5. The Hall–Kier alpha value is -1.24. The second-order valence-electron chi connectivity index (χ2n) is 7.23. The Kier molecular flexibility index (Phi) is 7.44. The first-order chi connectivity index (χ1) is 13.0. The zero-order valence-corrected chi connectivity index (χ0v) is 17.6. The summed E-state index contributed by atoms with van der Waals surface area (Å²) in [7, 11) is 0. The summed E-state index contributed by atoms with van der Waals surface area (Å²) in [5.74, 6) is 0. The van der Waals surface area contributed by atoms with E-state index in [9.17, 15) is 5.11 Å². The van der Waals surface area contributed by atoms with E-state index in [-0.39, 0.29) is 12.1 Å². The maximum Gasteiger partial charge on any atom is 0.0977 e. The van der Waals surface area contributed by atoms with Crippen molar-refractivity contribution in [2.45, 2.75) is 38.7 Å². The second-order valence-corrected chi connectivity index (χ2v) is 8.15. The minimum atomic E-state index is -0.512. The van der Waals surface area contributed by atoms with Crippen molar-refractivity contribution in [2.75, 3.05) is 26.3 Å². The lowest BCUT2D eigenvalue weighted by molar-refractivity contribution is -0.0851. The fraction of sp³-hybridized carbons (Fsp3) is 0.455. The van der Waals surface area contributed by atoms with Crippen LogP contribution in [0.25, 0.3) is 0 Å². The van der Waals surface area contributed by atoms with Crippen LogP contribution in [0.4, 0.5) is 0 Å². The van der Waals surface area contributed by atoms with Gasteiger partial charge in [0.2, 0.25) is 0 Å². The van der Waals surface area contributed by atoms with E-state index >= 15 is 0 Å². The average molecular weight is 434 g/mol. The van der Waals surface area contributed by atoms with Gasteiger partial charge in [-0.15, -0.1) is 0 Å². The van der Waals surface area contributed by atoms with Crippen molar-refractivity contribution in [3.05, 3.63) is 69.7 Å². The molecule has 1 aliphatic heterocycles. The lowest BCUT2D eigenvalue weighted by Crippen LogP contribution is -2.49. The van der Waals surface area contributed by atoms with Gasteiger partial charge in [0.05, 0.1) is 32.0 Å². The molecule has 1 fully saturated rings. The number of morpholine rings is 1. The molecule has 1 saturated heterocycles. The predicted molar refractivity (Wildman–Crippen MR) is 111 cm³/mol. The molecule has 3 unspecified atom stereocenters. The minimum absolute atomic E-state index is 0.0209. The van der Waals surface area contributed by atoms with E-state index in [0.717, 1.165) is 16.6 Å². The van der Waals surface area contributed by atoms with Crippen molar-refractivity contribution in [2.24, 2.45) is 0 Å². The lowest BCUT2D eigenvalue weighted by Gasteiger charge is -2.40. The molecule has 0 amide bonds. The fourth-order valence-electron chi connectivity index (χ4n) is 3.44. The number of β-amino-alcohol motifs (C(OH)–C–C–N with tert-alkyl or cyclic N) is 1. The van der Waals surface area contributed by atoms with Crippen molar-refractivity contribution >= 4 is 15.9 Å². The molecule has 27 heavy (non-hydrogen) atoms. The van der Waals surface area contributed by atoms with Gasteiger partial charge in [0.1, 0.15) is 0 Å². The van der Waals surface area contributed by atoms with Crippen LogP contribution in [0.15, 0.2) is 53.0 Å². The molecule has 0 aliphatic carbocycles. The van der Waals surface area contributed by atoms with Crippen molar-refractivity contribution < 1.29 is 14.6 Å². The van der Waals surface area contributed by atoms with Gasteiger partial charge in [-0.3, -0.25) is 4.90 Å². The van der Waals surface area contributed by atoms with Crippen molar-refractivity contribution in [1.82, 2.24) is 4.90 Å². The van der Waals surface area contributed by atoms with Crippen LogP contribution >= 0.6 is 15.9 Å². The number of aryl methyl sites for hydroxylation is 1. The summed E-state index contributed by atoms with van der Waals surface area (Å²) in [6.07, 6.45) is -0.492. The first-order valence-electron chi connectivity index (χ1n) is 9.45. The molecule has 0 spiro atoms. The van der Waals surface area contributed by atoms with Gasteiger partial charge in [0.25, 0.3) is 0 Å². The highest BCUT2D eigenvalue weighted by molar-refractivity contribution is 9.10. The van der Waals surface area contributed by atoms with E-state index in [0.29, 0.717) is 26.4 Å². The van der Waals surface area contributed by atoms with Crippen molar-refractivity contribution in [3.63, 3.8) is 0 Å². The van der Waals surface area contributed by atoms with Crippen LogP contribution in [0.2, 0.25) is 0 Å². The third-order valence-electron chi connectivity index (χ3n) is 5.03. The summed E-state index contributed by atoms with van der Waals surface area (Å²) < 4.78 is 12.8. The molecule has 4 nitrogen and oxygen atoms in total. The molecular formula is C22H28BrNO3. The zero-order valence-electron chi connectivity index (χ0n) is 16.0. The smallest absolute Gasteiger partial charge is 0.0977 e. The number of benzene rings is 2. The molecule has 1 heterocycles. The number of rotatable bonds is 7. The maximum atomic E-state index is 10.4. The molecule has 3 atom stereocenters. The Morgan fingerprint density at radius 3 is 2.59 bits per heavy atom. The fourth-order valence-corrected chi connectivity index (χ4v) is 3.70. The van der Waals surface area contributed by atoms with E-state index in [4.69, 9.17) is 9.47 Å². The molecule has 2 aromatic carbocycles. The minimum Gasteiger partial charge on any atom is -0.389 e. The normalized spacial score (nSPS) is 21.9. The highest BCUT2D eigenvalue weighted by atomic mass is 79.9. The molecule has 0 radical (unpaired) electrons. The van der Waals surface area contributed by atoms with E-state index in [1.54, 1.807) is 0 Å². The highest BCUT2D eigenvalue weighted by Crippen LogP contribution is 2.29. The summed E-state index contributed by atoms with van der Waals surface area (Å²) in [6.45, 7) is 7.17. The Morgan fingerprint density at radius 1 is 1.19 bits per heavy atom. The molecule has 1 aliphatic rings. The van der Waals surface area contributed by atoms with Crippen LogP contribution < -0.4 is 0 Å². The number of hydrogen-bond donors (Lipinski definition) is 1. The van der Waals surface area contributed by atoms with Crippen LogP contribution in [-0.2, 0) is 16.1 Å². The van der Waals surface area contributed by atoms with Gasteiger partial charge in [0.15, 0.2) is 0 Å². The van der Waals surface area contributed by atoms with Crippen LogP contribution in [0, 0.1) is 6.92 Å². The van der Waals surface area contributed by atoms with E-state index in [1.165, 1.54) is 11.1 Å². The number of aliphatic hydroxyl groups excluding tert-OH is 1. The topological polar surface area (TPSA) is 41.9 Å². The molecule has 146 valence electrons. The Morgan fingerprint density at radius 2 is 1.89 bits per heavy atom. The van der Waals surface area contributed by atoms with Gasteiger partial charge in [-0.2, -0.15) is 0 Å². The summed E-state index contributed by atoms with van der Waals surface area (Å²) in [5.41, 5.74) is 3.53. The standard InChI is InChI=1S/C22H28BrNO3/c1-16-3-5-18(6-4-16)14-26-15-21(25)13-24-11-12-27-22(17(24)2)19-7-9-20(23)10-8-19/h3-10,17,21-22,25H,11-15H2,1-2H3. The molecule has 0 aromatic heterocycles. The summed E-state index contributed by atoms with van der Waals surface area (Å²) in [5, 5.41) is 10.4.